The molecule has 3 aromatic rings. The lowest BCUT2D eigenvalue weighted by molar-refractivity contribution is 0.503. The van der Waals surface area contributed by atoms with Gasteiger partial charge in [-0.1, -0.05) is 66.2 Å². The van der Waals surface area contributed by atoms with Crippen molar-refractivity contribution < 1.29 is 13.2 Å². The number of benzene rings is 3. The molecule has 0 N–H and O–H groups in total. The summed E-state index contributed by atoms with van der Waals surface area (Å²) in [5.74, 6) is -1.67. The highest BCUT2D eigenvalue weighted by molar-refractivity contribution is 5.16. The molecule has 0 radical (unpaired) electrons. The molecule has 0 fully saturated rings. The molecule has 3 aromatic carbocycles. The van der Waals surface area contributed by atoms with E-state index < -0.39 is 11.6 Å². The lowest BCUT2D eigenvalue weighted by Crippen LogP contribution is -1.85. The maximum Gasteiger partial charge on any atom is 0.161 e. The molecule has 0 aromatic heterocycles. The fourth-order valence-corrected chi connectivity index (χ4v) is 1.70. The Hall–Kier alpha value is -2.55. The summed E-state index contributed by atoms with van der Waals surface area (Å²) in [5, 5.41) is 0. The van der Waals surface area contributed by atoms with Gasteiger partial charge in [0.05, 0.1) is 0 Å². The van der Waals surface area contributed by atoms with E-state index >= 15 is 0 Å². The predicted octanol–water partition coefficient (Wildman–Crippen LogP) is 6.40. The quantitative estimate of drug-likeness (QED) is 0.447. The summed E-state index contributed by atoms with van der Waals surface area (Å²) in [7, 11) is 0. The second kappa shape index (κ2) is 10.3. The predicted molar refractivity (Wildman–Crippen MR) is 93.4 cm³/mol. The van der Waals surface area contributed by atoms with Crippen LogP contribution in [0.1, 0.15) is 16.7 Å². The Labute approximate surface area is 141 Å². The number of halogens is 3. The summed E-state index contributed by atoms with van der Waals surface area (Å²) in [6.45, 7) is 5.35. The van der Waals surface area contributed by atoms with Gasteiger partial charge in [-0.2, -0.15) is 0 Å². The van der Waals surface area contributed by atoms with Gasteiger partial charge in [0, 0.05) is 0 Å². The third kappa shape index (κ3) is 7.14. The fraction of sp³-hybridized carbons (Fsp3) is 0.143. The van der Waals surface area contributed by atoms with Crippen molar-refractivity contribution in [3.05, 3.63) is 107 Å². The Kier molecular flexibility index (Phi) is 8.34. The fourth-order valence-electron chi connectivity index (χ4n) is 1.70. The Balaban J connectivity index is 0.000000181. The third-order valence-electron chi connectivity index (χ3n) is 3.16. The van der Waals surface area contributed by atoms with Gasteiger partial charge in [-0.15, -0.1) is 0 Å². The maximum atomic E-state index is 12.4. The Morgan fingerprint density at radius 2 is 1.00 bits per heavy atom. The van der Waals surface area contributed by atoms with E-state index in [-0.39, 0.29) is 5.82 Å². The van der Waals surface area contributed by atoms with E-state index in [4.69, 9.17) is 0 Å². The topological polar surface area (TPSA) is 0 Å². The number of hydrogen-bond acceptors (Lipinski definition) is 0. The van der Waals surface area contributed by atoms with Crippen LogP contribution >= 0.6 is 0 Å². The van der Waals surface area contributed by atoms with Crippen LogP contribution in [0.3, 0.4) is 0 Å². The normalized spacial score (nSPS) is 9.25. The van der Waals surface area contributed by atoms with Gasteiger partial charge in [-0.3, -0.25) is 0 Å². The summed E-state index contributed by atoms with van der Waals surface area (Å²) >= 11 is 0. The zero-order chi connectivity index (χ0) is 17.9. The molecular weight excluding hydrogens is 309 g/mol. The highest BCUT2D eigenvalue weighted by atomic mass is 19.2. The molecule has 3 heteroatoms. The van der Waals surface area contributed by atoms with E-state index in [0.29, 0.717) is 11.1 Å². The van der Waals surface area contributed by atoms with Crippen LogP contribution in [0.25, 0.3) is 0 Å². The van der Waals surface area contributed by atoms with Gasteiger partial charge in [0.1, 0.15) is 5.82 Å². The zero-order valence-electron chi connectivity index (χ0n) is 14.1. The second-order valence-electron chi connectivity index (χ2n) is 5.27. The number of aryl methyl sites for hydroxylation is 3. The van der Waals surface area contributed by atoms with Gasteiger partial charge >= 0.3 is 0 Å². The van der Waals surface area contributed by atoms with E-state index in [1.807, 2.05) is 24.3 Å². The summed E-state index contributed by atoms with van der Waals surface area (Å²) in [5.41, 5.74) is 2.37. The molecule has 3 rings (SSSR count). The molecule has 24 heavy (non-hydrogen) atoms. The molecule has 0 aliphatic heterocycles. The molecule has 0 saturated carbocycles. The molecule has 0 aliphatic carbocycles. The van der Waals surface area contributed by atoms with E-state index in [1.165, 1.54) is 30.7 Å². The summed E-state index contributed by atoms with van der Waals surface area (Å²) in [6.07, 6.45) is 0. The highest BCUT2D eigenvalue weighted by Crippen LogP contribution is 2.08. The first-order chi connectivity index (χ1) is 11.4. The average Bonchev–Trinajstić information content (AvgIpc) is 2.57. The van der Waals surface area contributed by atoms with Crippen LogP contribution in [0.2, 0.25) is 0 Å². The lowest BCUT2D eigenvalue weighted by atomic mass is 10.2. The third-order valence-corrected chi connectivity index (χ3v) is 3.16. The summed E-state index contributed by atoms with van der Waals surface area (Å²) in [4.78, 5) is 0. The summed E-state index contributed by atoms with van der Waals surface area (Å²) in [6, 6.07) is 21.1. The Bertz CT molecular complexity index is 696. The van der Waals surface area contributed by atoms with E-state index in [0.717, 1.165) is 6.07 Å². The molecule has 0 atom stereocenters. The van der Waals surface area contributed by atoms with Crippen LogP contribution in [0.4, 0.5) is 13.2 Å². The van der Waals surface area contributed by atoms with Crippen LogP contribution < -0.4 is 0 Å². The monoisotopic (exact) mass is 330 g/mol. The number of rotatable bonds is 0. The van der Waals surface area contributed by atoms with Gasteiger partial charge in [-0.25, -0.2) is 13.2 Å². The van der Waals surface area contributed by atoms with Gasteiger partial charge in [0.25, 0.3) is 0 Å². The van der Waals surface area contributed by atoms with Crippen LogP contribution in [0, 0.1) is 38.2 Å². The van der Waals surface area contributed by atoms with Crippen LogP contribution in [0.15, 0.2) is 72.8 Å². The standard InChI is InChI=1S/C7H6F2.C7H7F.C7H8/c1-5-3-2-4-6(8)7(5)9;1-6-4-2-3-5-7(6)8;1-7-5-3-2-4-6-7/h2-4H,1H3;2-5H,1H3;2-6H,1H3. The van der Waals surface area contributed by atoms with E-state index in [2.05, 4.69) is 19.1 Å². The van der Waals surface area contributed by atoms with Crippen molar-refractivity contribution in [3.8, 4) is 0 Å². The minimum Gasteiger partial charge on any atom is -0.207 e. The summed E-state index contributed by atoms with van der Waals surface area (Å²) < 4.78 is 36.9. The minimum absolute atomic E-state index is 0.132. The van der Waals surface area contributed by atoms with Crippen molar-refractivity contribution in [2.75, 3.05) is 0 Å². The van der Waals surface area contributed by atoms with E-state index in [9.17, 15) is 13.2 Å². The maximum absolute atomic E-state index is 12.4. The van der Waals surface area contributed by atoms with Crippen molar-refractivity contribution in [1.82, 2.24) is 0 Å². The van der Waals surface area contributed by atoms with Gasteiger partial charge < -0.3 is 0 Å². The van der Waals surface area contributed by atoms with Crippen molar-refractivity contribution in [1.29, 1.82) is 0 Å². The molecule has 0 spiro atoms. The molecule has 0 amide bonds. The molecule has 0 heterocycles. The van der Waals surface area contributed by atoms with Crippen LogP contribution in [-0.4, -0.2) is 0 Å². The first-order valence-corrected chi connectivity index (χ1v) is 7.55. The van der Waals surface area contributed by atoms with Crippen molar-refractivity contribution >= 4 is 0 Å². The SMILES string of the molecule is Cc1cccc(F)c1F.Cc1ccccc1.Cc1ccccc1F. The first kappa shape index (κ1) is 19.5. The smallest absolute Gasteiger partial charge is 0.161 e. The van der Waals surface area contributed by atoms with Gasteiger partial charge in [0.2, 0.25) is 0 Å². The number of hydrogen-bond donors (Lipinski definition) is 0. The highest BCUT2D eigenvalue weighted by Gasteiger charge is 2.00. The van der Waals surface area contributed by atoms with Crippen LogP contribution in [-0.2, 0) is 0 Å². The van der Waals surface area contributed by atoms with Crippen molar-refractivity contribution in [2.24, 2.45) is 0 Å². The van der Waals surface area contributed by atoms with Crippen LogP contribution in [0.5, 0.6) is 0 Å². The largest absolute Gasteiger partial charge is 0.207 e. The molecule has 0 bridgehead atoms. The molecule has 0 unspecified atom stereocenters. The Morgan fingerprint density at radius 3 is 1.38 bits per heavy atom. The van der Waals surface area contributed by atoms with Crippen molar-refractivity contribution in [3.63, 3.8) is 0 Å². The first-order valence-electron chi connectivity index (χ1n) is 7.55. The molecule has 0 aliphatic rings. The molecule has 0 nitrogen and oxygen atoms in total. The molecular formula is C21H21F3. The Morgan fingerprint density at radius 1 is 0.500 bits per heavy atom. The van der Waals surface area contributed by atoms with Gasteiger partial charge in [-0.05, 0) is 44.0 Å². The van der Waals surface area contributed by atoms with Gasteiger partial charge in [0.15, 0.2) is 11.6 Å². The molecule has 0 saturated heterocycles. The average molecular weight is 330 g/mol. The lowest BCUT2D eigenvalue weighted by Gasteiger charge is -1.93. The molecule has 126 valence electrons. The van der Waals surface area contributed by atoms with Crippen molar-refractivity contribution in [2.45, 2.75) is 20.8 Å². The zero-order valence-corrected chi connectivity index (χ0v) is 14.1. The second-order valence-corrected chi connectivity index (χ2v) is 5.27. The minimum atomic E-state index is -0.782. The van der Waals surface area contributed by atoms with E-state index in [1.54, 1.807) is 19.1 Å².